The maximum Gasteiger partial charge on any atom is 0.416 e. The van der Waals surface area contributed by atoms with Crippen LogP contribution in [-0.2, 0) is 55.5 Å². The molecule has 3 aromatic carbocycles. The van der Waals surface area contributed by atoms with Crippen molar-refractivity contribution in [2.75, 3.05) is 14.1 Å². The SMILES string of the molecule is C=CC(=O)NCc1cc(S(=O)(=O)NC)ccc1OC1CCCC(/C=C\C(=O)NCc2cc(S(=O)(=O)NC)ccc2OCc2cccc(C(F)(F)F)c2)C1. The number of amides is 2. The molecule has 1 aliphatic rings. The first-order valence-electron chi connectivity index (χ1n) is 16.5. The van der Waals surface area contributed by atoms with Gasteiger partial charge in [0, 0.05) is 24.2 Å². The van der Waals surface area contributed by atoms with Crippen molar-refractivity contribution < 1.29 is 49.1 Å². The number of halogens is 3. The molecular formula is C36H41F3N4O8S2. The third-order valence-electron chi connectivity index (χ3n) is 8.44. The molecule has 0 spiro atoms. The number of sulfonamides is 2. The maximum atomic E-state index is 13.2. The van der Waals surface area contributed by atoms with Crippen LogP contribution in [0.4, 0.5) is 13.2 Å². The minimum absolute atomic E-state index is 0.00523. The summed E-state index contributed by atoms with van der Waals surface area (Å²) in [7, 11) is -5.07. The number of nitrogens with one attached hydrogen (secondary N) is 4. The van der Waals surface area contributed by atoms with Crippen molar-refractivity contribution in [3.8, 4) is 11.5 Å². The molecule has 12 nitrogen and oxygen atoms in total. The largest absolute Gasteiger partial charge is 0.490 e. The first-order chi connectivity index (χ1) is 25.0. The van der Waals surface area contributed by atoms with Crippen molar-refractivity contribution in [1.29, 1.82) is 0 Å². The lowest BCUT2D eigenvalue weighted by atomic mass is 9.87. The van der Waals surface area contributed by atoms with Gasteiger partial charge in [-0.15, -0.1) is 0 Å². The smallest absolute Gasteiger partial charge is 0.416 e. The fraction of sp³-hybridized carbons (Fsp3) is 0.333. The Hall–Kier alpha value is -4.71. The van der Waals surface area contributed by atoms with Crippen LogP contribution in [-0.4, -0.2) is 48.8 Å². The van der Waals surface area contributed by atoms with Crippen LogP contribution in [0, 0.1) is 5.92 Å². The lowest BCUT2D eigenvalue weighted by Gasteiger charge is -2.29. The van der Waals surface area contributed by atoms with E-state index >= 15 is 0 Å². The molecule has 4 N–H and O–H groups in total. The van der Waals surface area contributed by atoms with Gasteiger partial charge in [0.1, 0.15) is 18.1 Å². The van der Waals surface area contributed by atoms with E-state index in [2.05, 4.69) is 26.7 Å². The molecule has 2 unspecified atom stereocenters. The quantitative estimate of drug-likeness (QED) is 0.152. The van der Waals surface area contributed by atoms with Crippen LogP contribution in [0.25, 0.3) is 0 Å². The number of carbonyl (C=O) groups excluding carboxylic acids is 2. The summed E-state index contributed by atoms with van der Waals surface area (Å²) < 4.78 is 106. The van der Waals surface area contributed by atoms with Crippen LogP contribution in [0.1, 0.15) is 47.9 Å². The molecule has 4 rings (SSSR count). The van der Waals surface area contributed by atoms with E-state index in [1.54, 1.807) is 12.1 Å². The molecule has 1 aliphatic carbocycles. The van der Waals surface area contributed by atoms with Gasteiger partial charge in [0.05, 0.1) is 21.5 Å². The summed E-state index contributed by atoms with van der Waals surface area (Å²) >= 11 is 0. The van der Waals surface area contributed by atoms with Gasteiger partial charge in [0.25, 0.3) is 0 Å². The van der Waals surface area contributed by atoms with E-state index in [9.17, 15) is 39.6 Å². The molecule has 0 heterocycles. The lowest BCUT2D eigenvalue weighted by Crippen LogP contribution is -2.27. The molecule has 1 fully saturated rings. The van der Waals surface area contributed by atoms with Gasteiger partial charge in [0.2, 0.25) is 31.9 Å². The van der Waals surface area contributed by atoms with E-state index in [1.807, 2.05) is 0 Å². The van der Waals surface area contributed by atoms with E-state index in [0.29, 0.717) is 24.2 Å². The maximum absolute atomic E-state index is 13.2. The topological polar surface area (TPSA) is 169 Å². The Morgan fingerprint density at radius 2 is 1.45 bits per heavy atom. The Morgan fingerprint density at radius 1 is 0.849 bits per heavy atom. The van der Waals surface area contributed by atoms with Gasteiger partial charge in [-0.05, 0) is 112 Å². The Bertz CT molecular complexity index is 2060. The molecule has 0 radical (unpaired) electrons. The Balaban J connectivity index is 1.42. The summed E-state index contributed by atoms with van der Waals surface area (Å²) in [6, 6.07) is 13.0. The van der Waals surface area contributed by atoms with Crippen LogP contribution in [0.2, 0.25) is 0 Å². The molecule has 2 amide bonds. The summed E-state index contributed by atoms with van der Waals surface area (Å²) in [5.74, 6) is -0.365. The van der Waals surface area contributed by atoms with Crippen LogP contribution in [0.5, 0.6) is 11.5 Å². The first-order valence-corrected chi connectivity index (χ1v) is 19.5. The molecule has 0 aromatic heterocycles. The summed E-state index contributed by atoms with van der Waals surface area (Å²) in [6.07, 6.45) is 2.26. The number of carbonyl (C=O) groups is 2. The van der Waals surface area contributed by atoms with E-state index in [1.165, 1.54) is 62.6 Å². The van der Waals surface area contributed by atoms with Crippen molar-refractivity contribution >= 4 is 31.9 Å². The average molecular weight is 779 g/mol. The van der Waals surface area contributed by atoms with Crippen LogP contribution in [0.3, 0.4) is 0 Å². The van der Waals surface area contributed by atoms with Gasteiger partial charge in [-0.1, -0.05) is 24.8 Å². The zero-order chi connectivity index (χ0) is 38.8. The fourth-order valence-corrected chi connectivity index (χ4v) is 7.13. The standard InChI is InChI=1S/C36H41F3N4O8S2/c1-4-34(44)42-22-27-20-31(53(48,49)41-3)13-15-33(27)51-29-10-6-7-24(18-29)11-16-35(45)43-21-26-19-30(52(46,47)40-2)12-14-32(26)50-23-25-8-5-9-28(17-25)36(37,38)39/h4-5,8-9,11-17,19-20,24,29,40-41H,1,6-7,10,18,21-23H2,2-3H3,(H,42,44)(H,43,45)/b16-11-. The van der Waals surface area contributed by atoms with Crippen molar-refractivity contribution in [3.05, 3.63) is 108 Å². The van der Waals surface area contributed by atoms with Crippen molar-refractivity contribution in [3.63, 3.8) is 0 Å². The molecule has 0 aliphatic heterocycles. The number of benzene rings is 3. The van der Waals surface area contributed by atoms with Crippen LogP contribution in [0.15, 0.2) is 95.3 Å². The highest BCUT2D eigenvalue weighted by Gasteiger charge is 2.30. The van der Waals surface area contributed by atoms with E-state index < -0.39 is 43.6 Å². The Labute approximate surface area is 306 Å². The lowest BCUT2D eigenvalue weighted by molar-refractivity contribution is -0.137. The van der Waals surface area contributed by atoms with Crippen molar-refractivity contribution in [2.45, 2.75) is 67.5 Å². The van der Waals surface area contributed by atoms with Gasteiger partial charge < -0.3 is 20.1 Å². The van der Waals surface area contributed by atoms with Crippen LogP contribution >= 0.6 is 0 Å². The van der Waals surface area contributed by atoms with Gasteiger partial charge in [0.15, 0.2) is 0 Å². The van der Waals surface area contributed by atoms with Crippen molar-refractivity contribution in [1.82, 2.24) is 20.1 Å². The molecule has 2 atom stereocenters. The molecule has 1 saturated carbocycles. The van der Waals surface area contributed by atoms with E-state index in [4.69, 9.17) is 9.47 Å². The molecule has 3 aromatic rings. The minimum Gasteiger partial charge on any atom is -0.490 e. The minimum atomic E-state index is -4.53. The summed E-state index contributed by atoms with van der Waals surface area (Å²) in [6.45, 7) is 3.05. The van der Waals surface area contributed by atoms with E-state index in [0.717, 1.165) is 31.1 Å². The number of alkyl halides is 3. The third-order valence-corrected chi connectivity index (χ3v) is 11.3. The Morgan fingerprint density at radius 3 is 2.06 bits per heavy atom. The number of hydrogen-bond donors (Lipinski definition) is 4. The average Bonchev–Trinajstić information content (AvgIpc) is 3.14. The molecule has 0 saturated heterocycles. The summed E-state index contributed by atoms with van der Waals surface area (Å²) in [5, 5.41) is 5.36. The molecule has 17 heteroatoms. The van der Waals surface area contributed by atoms with Crippen LogP contribution < -0.4 is 29.6 Å². The molecule has 0 bridgehead atoms. The monoisotopic (exact) mass is 778 g/mol. The number of ether oxygens (including phenoxy) is 2. The summed E-state index contributed by atoms with van der Waals surface area (Å²) in [4.78, 5) is 24.7. The second kappa shape index (κ2) is 17.9. The fourth-order valence-electron chi connectivity index (χ4n) is 5.57. The van der Waals surface area contributed by atoms with Gasteiger partial charge in [-0.3, -0.25) is 9.59 Å². The number of hydrogen-bond acceptors (Lipinski definition) is 8. The third kappa shape index (κ3) is 11.6. The second-order valence-electron chi connectivity index (χ2n) is 12.1. The summed E-state index contributed by atoms with van der Waals surface area (Å²) in [5.41, 5.74) is 0.154. The number of allylic oxidation sites excluding steroid dienone is 1. The molecule has 286 valence electrons. The highest BCUT2D eigenvalue weighted by molar-refractivity contribution is 7.89. The van der Waals surface area contributed by atoms with Gasteiger partial charge >= 0.3 is 6.18 Å². The Kier molecular flexibility index (Phi) is 13.8. The van der Waals surface area contributed by atoms with Gasteiger partial charge in [-0.2, -0.15) is 13.2 Å². The van der Waals surface area contributed by atoms with Crippen molar-refractivity contribution in [2.24, 2.45) is 5.92 Å². The van der Waals surface area contributed by atoms with E-state index in [-0.39, 0.29) is 58.4 Å². The zero-order valence-corrected chi connectivity index (χ0v) is 30.7. The number of rotatable bonds is 16. The predicted molar refractivity (Wildman–Crippen MR) is 191 cm³/mol. The second-order valence-corrected chi connectivity index (χ2v) is 15.9. The highest BCUT2D eigenvalue weighted by atomic mass is 32.2. The first kappa shape index (κ1) is 41.1. The zero-order valence-electron chi connectivity index (χ0n) is 29.0. The predicted octanol–water partition coefficient (Wildman–Crippen LogP) is 4.71. The molecular weight excluding hydrogens is 738 g/mol. The normalized spacial score (nSPS) is 16.5. The molecule has 53 heavy (non-hydrogen) atoms. The highest BCUT2D eigenvalue weighted by Crippen LogP contribution is 2.32. The van der Waals surface area contributed by atoms with Gasteiger partial charge in [-0.25, -0.2) is 26.3 Å².